The summed E-state index contributed by atoms with van der Waals surface area (Å²) < 4.78 is 25.9. The number of aryl methyl sites for hydroxylation is 1. The third-order valence-corrected chi connectivity index (χ3v) is 5.55. The second kappa shape index (κ2) is 5.98. The van der Waals surface area contributed by atoms with E-state index in [2.05, 4.69) is 21.4 Å². The Kier molecular flexibility index (Phi) is 4.16. The van der Waals surface area contributed by atoms with E-state index in [1.54, 1.807) is 18.3 Å². The summed E-state index contributed by atoms with van der Waals surface area (Å²) in [6, 6.07) is 5.55. The minimum atomic E-state index is -3.75. The molecular formula is C16H22N4O2S. The first-order chi connectivity index (χ1) is 10.9. The molecule has 0 spiro atoms. The first kappa shape index (κ1) is 16.0. The zero-order valence-corrected chi connectivity index (χ0v) is 14.2. The van der Waals surface area contributed by atoms with Crippen molar-refractivity contribution in [2.24, 2.45) is 11.1 Å². The SMILES string of the molecule is Cc1ccc(S(N)(=O)=O)c(N2CCC(C)C(n3ccnc3)C2)c1. The Labute approximate surface area is 137 Å². The molecule has 0 amide bonds. The van der Waals surface area contributed by atoms with Gasteiger partial charge in [0.1, 0.15) is 4.90 Å². The van der Waals surface area contributed by atoms with E-state index in [0.29, 0.717) is 11.6 Å². The van der Waals surface area contributed by atoms with Gasteiger partial charge in [0.05, 0.1) is 18.1 Å². The van der Waals surface area contributed by atoms with Gasteiger partial charge in [-0.15, -0.1) is 0 Å². The van der Waals surface area contributed by atoms with Gasteiger partial charge in [-0.1, -0.05) is 13.0 Å². The van der Waals surface area contributed by atoms with E-state index in [1.807, 2.05) is 25.5 Å². The number of hydrogen-bond donors (Lipinski definition) is 1. The molecule has 0 aliphatic carbocycles. The number of nitrogens with zero attached hydrogens (tertiary/aromatic N) is 3. The third kappa shape index (κ3) is 3.25. The van der Waals surface area contributed by atoms with Gasteiger partial charge >= 0.3 is 0 Å². The molecule has 6 nitrogen and oxygen atoms in total. The molecule has 2 atom stereocenters. The van der Waals surface area contributed by atoms with E-state index in [9.17, 15) is 8.42 Å². The molecule has 124 valence electrons. The van der Waals surface area contributed by atoms with Crippen LogP contribution in [0, 0.1) is 12.8 Å². The van der Waals surface area contributed by atoms with Crippen molar-refractivity contribution in [3.63, 3.8) is 0 Å². The topological polar surface area (TPSA) is 81.2 Å². The normalized spacial score (nSPS) is 22.3. The molecule has 2 aromatic rings. The summed E-state index contributed by atoms with van der Waals surface area (Å²) in [5, 5.41) is 5.40. The summed E-state index contributed by atoms with van der Waals surface area (Å²) in [5.41, 5.74) is 1.72. The maximum Gasteiger partial charge on any atom is 0.240 e. The fourth-order valence-corrected chi connectivity index (χ4v) is 3.97. The highest BCUT2D eigenvalue weighted by molar-refractivity contribution is 7.89. The minimum absolute atomic E-state index is 0.196. The largest absolute Gasteiger partial charge is 0.368 e. The van der Waals surface area contributed by atoms with Crippen molar-refractivity contribution in [1.82, 2.24) is 9.55 Å². The first-order valence-electron chi connectivity index (χ1n) is 7.72. The number of piperidine rings is 1. The number of imidazole rings is 1. The van der Waals surface area contributed by atoms with Crippen molar-refractivity contribution in [2.45, 2.75) is 31.2 Å². The van der Waals surface area contributed by atoms with Gasteiger partial charge in [0.2, 0.25) is 10.0 Å². The molecule has 0 saturated carbocycles. The first-order valence-corrected chi connectivity index (χ1v) is 9.27. The molecule has 1 saturated heterocycles. The van der Waals surface area contributed by atoms with Crippen LogP contribution < -0.4 is 10.0 Å². The predicted molar refractivity (Wildman–Crippen MR) is 89.8 cm³/mol. The van der Waals surface area contributed by atoms with Crippen molar-refractivity contribution in [3.8, 4) is 0 Å². The summed E-state index contributed by atoms with van der Waals surface area (Å²) in [5.74, 6) is 0.503. The smallest absolute Gasteiger partial charge is 0.240 e. The molecule has 1 aromatic heterocycles. The zero-order valence-electron chi connectivity index (χ0n) is 13.4. The molecule has 1 aliphatic heterocycles. The Morgan fingerprint density at radius 3 is 2.78 bits per heavy atom. The van der Waals surface area contributed by atoms with Crippen LogP contribution in [0.3, 0.4) is 0 Å². The Bertz CT molecular complexity index is 786. The molecule has 0 radical (unpaired) electrons. The standard InChI is InChI=1S/C16H22N4O2S/c1-12-3-4-16(23(17,21)22)14(9-12)19-7-5-13(2)15(10-19)20-8-6-18-11-20/h3-4,6,8-9,11,13,15H,5,7,10H2,1-2H3,(H2,17,21,22). The van der Waals surface area contributed by atoms with Crippen LogP contribution in [0.1, 0.15) is 24.9 Å². The lowest BCUT2D eigenvalue weighted by molar-refractivity contribution is 0.298. The van der Waals surface area contributed by atoms with E-state index >= 15 is 0 Å². The van der Waals surface area contributed by atoms with Crippen LogP contribution in [0.4, 0.5) is 5.69 Å². The van der Waals surface area contributed by atoms with Gasteiger partial charge in [-0.25, -0.2) is 18.5 Å². The van der Waals surface area contributed by atoms with E-state index < -0.39 is 10.0 Å². The number of anilines is 1. The van der Waals surface area contributed by atoms with Gasteiger partial charge in [0.25, 0.3) is 0 Å². The highest BCUT2D eigenvalue weighted by Gasteiger charge is 2.29. The van der Waals surface area contributed by atoms with Crippen LogP contribution >= 0.6 is 0 Å². The molecule has 1 fully saturated rings. The summed E-state index contributed by atoms with van der Waals surface area (Å²) in [4.78, 5) is 6.45. The number of benzene rings is 1. The average molecular weight is 334 g/mol. The number of hydrogen-bond acceptors (Lipinski definition) is 4. The van der Waals surface area contributed by atoms with Gasteiger partial charge in [-0.3, -0.25) is 0 Å². The second-order valence-electron chi connectivity index (χ2n) is 6.31. The fourth-order valence-electron chi connectivity index (χ4n) is 3.24. The van der Waals surface area contributed by atoms with E-state index in [1.165, 1.54) is 0 Å². The maximum atomic E-state index is 11.9. The van der Waals surface area contributed by atoms with Crippen LogP contribution in [-0.4, -0.2) is 31.1 Å². The van der Waals surface area contributed by atoms with Gasteiger partial charge < -0.3 is 9.47 Å². The van der Waals surface area contributed by atoms with Crippen molar-refractivity contribution < 1.29 is 8.42 Å². The molecule has 2 heterocycles. The lowest BCUT2D eigenvalue weighted by Crippen LogP contribution is -2.41. The van der Waals surface area contributed by atoms with E-state index in [4.69, 9.17) is 5.14 Å². The van der Waals surface area contributed by atoms with Crippen LogP contribution in [0.15, 0.2) is 41.8 Å². The van der Waals surface area contributed by atoms with Gasteiger partial charge in [-0.2, -0.15) is 0 Å². The maximum absolute atomic E-state index is 11.9. The van der Waals surface area contributed by atoms with Crippen molar-refractivity contribution in [3.05, 3.63) is 42.5 Å². The Morgan fingerprint density at radius 2 is 2.13 bits per heavy atom. The van der Waals surface area contributed by atoms with E-state index in [0.717, 1.165) is 25.1 Å². The third-order valence-electron chi connectivity index (χ3n) is 4.59. The summed E-state index contributed by atoms with van der Waals surface area (Å²) in [6.07, 6.45) is 6.54. The highest BCUT2D eigenvalue weighted by Crippen LogP contribution is 2.33. The molecular weight excluding hydrogens is 312 g/mol. The molecule has 0 bridgehead atoms. The molecule has 2 N–H and O–H groups in total. The predicted octanol–water partition coefficient (Wildman–Crippen LogP) is 1.93. The van der Waals surface area contributed by atoms with Crippen LogP contribution in [-0.2, 0) is 10.0 Å². The van der Waals surface area contributed by atoms with Crippen LogP contribution in [0.25, 0.3) is 0 Å². The van der Waals surface area contributed by atoms with Crippen LogP contribution in [0.2, 0.25) is 0 Å². The lowest BCUT2D eigenvalue weighted by Gasteiger charge is -2.39. The molecule has 23 heavy (non-hydrogen) atoms. The lowest BCUT2D eigenvalue weighted by atomic mass is 9.93. The monoisotopic (exact) mass is 334 g/mol. The van der Waals surface area contributed by atoms with Gasteiger partial charge in [0, 0.05) is 25.5 Å². The number of aromatic nitrogens is 2. The highest BCUT2D eigenvalue weighted by atomic mass is 32.2. The second-order valence-corrected chi connectivity index (χ2v) is 7.84. The minimum Gasteiger partial charge on any atom is -0.368 e. The Hall–Kier alpha value is -1.86. The molecule has 7 heteroatoms. The van der Waals surface area contributed by atoms with Crippen molar-refractivity contribution in [2.75, 3.05) is 18.0 Å². The van der Waals surface area contributed by atoms with Crippen molar-refractivity contribution in [1.29, 1.82) is 0 Å². The van der Waals surface area contributed by atoms with E-state index in [-0.39, 0.29) is 10.9 Å². The molecule has 3 rings (SSSR count). The summed E-state index contributed by atoms with van der Waals surface area (Å²) >= 11 is 0. The fraction of sp³-hybridized carbons (Fsp3) is 0.438. The Morgan fingerprint density at radius 1 is 1.35 bits per heavy atom. The number of nitrogens with two attached hydrogens (primary N) is 1. The van der Waals surface area contributed by atoms with Crippen LogP contribution in [0.5, 0.6) is 0 Å². The quantitative estimate of drug-likeness (QED) is 0.930. The number of sulfonamides is 1. The van der Waals surface area contributed by atoms with Crippen molar-refractivity contribution >= 4 is 15.7 Å². The summed E-state index contributed by atoms with van der Waals surface area (Å²) in [7, 11) is -3.75. The molecule has 1 aromatic carbocycles. The average Bonchev–Trinajstić information content (AvgIpc) is 3.00. The molecule has 2 unspecified atom stereocenters. The summed E-state index contributed by atoms with van der Waals surface area (Å²) in [6.45, 7) is 5.73. The van der Waals surface area contributed by atoms with Gasteiger partial charge in [-0.05, 0) is 37.0 Å². The Balaban J connectivity index is 1.98. The zero-order chi connectivity index (χ0) is 16.6. The number of rotatable bonds is 3. The van der Waals surface area contributed by atoms with Gasteiger partial charge in [0.15, 0.2) is 0 Å². The number of primary sulfonamides is 1. The molecule has 1 aliphatic rings.